The number of carbonyl (C=O) groups is 1. The Morgan fingerprint density at radius 3 is 1.66 bits per heavy atom. The fraction of sp³-hybridized carbons (Fsp3) is 0.516. The van der Waals surface area contributed by atoms with Gasteiger partial charge in [0.25, 0.3) is 0 Å². The summed E-state index contributed by atoms with van der Waals surface area (Å²) in [6, 6.07) is 14.4. The zero-order valence-electron chi connectivity index (χ0n) is 21.6. The third kappa shape index (κ3) is 13.1. The van der Waals surface area contributed by atoms with E-state index in [1.165, 1.54) is 57.8 Å². The number of hydrogen-bond donors (Lipinski definition) is 0. The second-order valence-electron chi connectivity index (χ2n) is 9.05. The topological polar surface area (TPSA) is 44.8 Å². The third-order valence-electron chi connectivity index (χ3n) is 5.96. The van der Waals surface area contributed by atoms with Crippen LogP contribution >= 0.6 is 0 Å². The molecule has 0 saturated carbocycles. The van der Waals surface area contributed by atoms with E-state index in [-0.39, 0.29) is 5.97 Å². The lowest BCUT2D eigenvalue weighted by Crippen LogP contribution is -2.08. The summed E-state index contributed by atoms with van der Waals surface area (Å²) in [7, 11) is 0. The maximum absolute atomic E-state index is 12.4. The first-order valence-electron chi connectivity index (χ1n) is 13.5. The molecule has 0 atom stereocenters. The molecular weight excluding hydrogens is 436 g/mol. The predicted octanol–water partition coefficient (Wildman–Crippen LogP) is 8.94. The standard InChI is InChI=1S/C31H44O4/c1-3-5-7-9-11-12-14-16-26-34-29-21-23-30(24-22-29)35-31(32)27-17-19-28(20-18-27)33-25-15-13-10-8-6-4-2/h4,17-24H,2-3,5-16,25-26H2,1H3. The molecule has 0 unspecified atom stereocenters. The van der Waals surface area contributed by atoms with Crippen molar-refractivity contribution in [3.63, 3.8) is 0 Å². The SMILES string of the molecule is C=CCCCCCCOc1ccc(C(=O)Oc2ccc(OCCCCCCCCCC)cc2)cc1. The summed E-state index contributed by atoms with van der Waals surface area (Å²) >= 11 is 0. The van der Waals surface area contributed by atoms with Gasteiger partial charge in [0.05, 0.1) is 18.8 Å². The molecule has 2 rings (SSSR count). The van der Waals surface area contributed by atoms with Crippen molar-refractivity contribution in [3.8, 4) is 17.2 Å². The molecule has 0 aliphatic carbocycles. The number of esters is 1. The monoisotopic (exact) mass is 480 g/mol. The number of ether oxygens (including phenoxy) is 3. The smallest absolute Gasteiger partial charge is 0.343 e. The first-order valence-corrected chi connectivity index (χ1v) is 13.5. The van der Waals surface area contributed by atoms with Gasteiger partial charge in [-0.1, -0.05) is 70.8 Å². The molecule has 192 valence electrons. The Kier molecular flexibility index (Phi) is 15.1. The molecule has 0 aliphatic heterocycles. The molecule has 0 radical (unpaired) electrons. The second-order valence-corrected chi connectivity index (χ2v) is 9.05. The van der Waals surface area contributed by atoms with Crippen LogP contribution in [-0.4, -0.2) is 19.2 Å². The van der Waals surface area contributed by atoms with Crippen molar-refractivity contribution in [1.82, 2.24) is 0 Å². The van der Waals surface area contributed by atoms with Crippen molar-refractivity contribution in [2.75, 3.05) is 13.2 Å². The quantitative estimate of drug-likeness (QED) is 0.0821. The van der Waals surface area contributed by atoms with Crippen LogP contribution in [0, 0.1) is 0 Å². The zero-order valence-corrected chi connectivity index (χ0v) is 21.6. The Morgan fingerprint density at radius 2 is 1.11 bits per heavy atom. The minimum Gasteiger partial charge on any atom is -0.494 e. The van der Waals surface area contributed by atoms with Crippen LogP contribution in [-0.2, 0) is 0 Å². The highest BCUT2D eigenvalue weighted by atomic mass is 16.5. The van der Waals surface area contributed by atoms with Crippen molar-refractivity contribution in [3.05, 3.63) is 66.7 Å². The van der Waals surface area contributed by atoms with Gasteiger partial charge < -0.3 is 14.2 Å². The van der Waals surface area contributed by atoms with Gasteiger partial charge >= 0.3 is 5.97 Å². The van der Waals surface area contributed by atoms with E-state index in [9.17, 15) is 4.79 Å². The van der Waals surface area contributed by atoms with Crippen LogP contribution < -0.4 is 14.2 Å². The summed E-state index contributed by atoms with van der Waals surface area (Å²) in [5, 5.41) is 0. The molecule has 2 aromatic carbocycles. The molecule has 4 nitrogen and oxygen atoms in total. The molecule has 0 N–H and O–H groups in total. The van der Waals surface area contributed by atoms with E-state index >= 15 is 0 Å². The van der Waals surface area contributed by atoms with Crippen LogP contribution in [0.25, 0.3) is 0 Å². The lowest BCUT2D eigenvalue weighted by atomic mass is 10.1. The molecule has 0 saturated heterocycles. The van der Waals surface area contributed by atoms with Crippen LogP contribution in [0.4, 0.5) is 0 Å². The maximum atomic E-state index is 12.4. The average molecular weight is 481 g/mol. The molecule has 0 aliphatic rings. The van der Waals surface area contributed by atoms with Gasteiger partial charge in [0, 0.05) is 0 Å². The average Bonchev–Trinajstić information content (AvgIpc) is 2.88. The van der Waals surface area contributed by atoms with E-state index in [1.54, 1.807) is 24.3 Å². The molecule has 4 heteroatoms. The highest BCUT2D eigenvalue weighted by Gasteiger charge is 2.09. The Balaban J connectivity index is 1.61. The minimum atomic E-state index is -0.383. The van der Waals surface area contributed by atoms with Crippen LogP contribution in [0.2, 0.25) is 0 Å². The molecule has 0 heterocycles. The van der Waals surface area contributed by atoms with Gasteiger partial charge in [0.1, 0.15) is 17.2 Å². The minimum absolute atomic E-state index is 0.383. The Bertz CT molecular complexity index is 811. The van der Waals surface area contributed by atoms with Crippen LogP contribution in [0.1, 0.15) is 101 Å². The third-order valence-corrected chi connectivity index (χ3v) is 5.96. The summed E-state index contributed by atoms with van der Waals surface area (Å²) < 4.78 is 17.1. The fourth-order valence-electron chi connectivity index (χ4n) is 3.82. The summed E-state index contributed by atoms with van der Waals surface area (Å²) in [6.45, 7) is 7.40. The van der Waals surface area contributed by atoms with E-state index in [2.05, 4.69) is 13.5 Å². The van der Waals surface area contributed by atoms with Gasteiger partial charge in [-0.15, -0.1) is 6.58 Å². The lowest BCUT2D eigenvalue weighted by Gasteiger charge is -2.09. The van der Waals surface area contributed by atoms with E-state index in [1.807, 2.05) is 30.3 Å². The van der Waals surface area contributed by atoms with Crippen molar-refractivity contribution in [2.45, 2.75) is 90.4 Å². The van der Waals surface area contributed by atoms with Crippen LogP contribution in [0.5, 0.6) is 17.2 Å². The number of allylic oxidation sites excluding steroid dienone is 1. The number of hydrogen-bond acceptors (Lipinski definition) is 4. The molecular formula is C31H44O4. The van der Waals surface area contributed by atoms with Crippen molar-refractivity contribution >= 4 is 5.97 Å². The largest absolute Gasteiger partial charge is 0.494 e. The summed E-state index contributed by atoms with van der Waals surface area (Å²) in [5.41, 5.74) is 0.497. The van der Waals surface area contributed by atoms with Crippen molar-refractivity contribution in [2.24, 2.45) is 0 Å². The number of carbonyl (C=O) groups excluding carboxylic acids is 1. The zero-order chi connectivity index (χ0) is 25.0. The normalized spacial score (nSPS) is 10.7. The fourth-order valence-corrected chi connectivity index (χ4v) is 3.82. The Labute approximate surface area is 212 Å². The van der Waals surface area contributed by atoms with E-state index in [4.69, 9.17) is 14.2 Å². The van der Waals surface area contributed by atoms with Crippen molar-refractivity contribution < 1.29 is 19.0 Å². The summed E-state index contributed by atoms with van der Waals surface area (Å²) in [6.07, 6.45) is 17.9. The first kappa shape index (κ1) is 28.5. The molecule has 35 heavy (non-hydrogen) atoms. The highest BCUT2D eigenvalue weighted by molar-refractivity contribution is 5.91. The van der Waals surface area contributed by atoms with E-state index in [0.29, 0.717) is 17.9 Å². The van der Waals surface area contributed by atoms with Gasteiger partial charge in [-0.25, -0.2) is 4.79 Å². The van der Waals surface area contributed by atoms with Crippen LogP contribution in [0.3, 0.4) is 0 Å². The Hall–Kier alpha value is -2.75. The number of unbranched alkanes of at least 4 members (excludes halogenated alkanes) is 11. The number of rotatable bonds is 20. The molecule has 0 aromatic heterocycles. The first-order chi connectivity index (χ1) is 17.2. The summed E-state index contributed by atoms with van der Waals surface area (Å²) in [5.74, 6) is 1.69. The van der Waals surface area contributed by atoms with Gasteiger partial charge in [-0.2, -0.15) is 0 Å². The van der Waals surface area contributed by atoms with Crippen molar-refractivity contribution in [1.29, 1.82) is 0 Å². The Morgan fingerprint density at radius 1 is 0.657 bits per heavy atom. The highest BCUT2D eigenvalue weighted by Crippen LogP contribution is 2.20. The van der Waals surface area contributed by atoms with Gasteiger partial charge in [-0.3, -0.25) is 0 Å². The second kappa shape index (κ2) is 18.6. The molecule has 0 bridgehead atoms. The van der Waals surface area contributed by atoms with E-state index < -0.39 is 0 Å². The molecule has 0 fully saturated rings. The summed E-state index contributed by atoms with van der Waals surface area (Å²) in [4.78, 5) is 12.4. The maximum Gasteiger partial charge on any atom is 0.343 e. The predicted molar refractivity (Wildman–Crippen MR) is 145 cm³/mol. The van der Waals surface area contributed by atoms with Gasteiger partial charge in [0.15, 0.2) is 0 Å². The van der Waals surface area contributed by atoms with E-state index in [0.717, 1.165) is 43.8 Å². The van der Waals surface area contributed by atoms with Crippen LogP contribution in [0.15, 0.2) is 61.2 Å². The van der Waals surface area contributed by atoms with Gasteiger partial charge in [-0.05, 0) is 74.2 Å². The lowest BCUT2D eigenvalue weighted by molar-refractivity contribution is 0.0734. The molecule has 0 amide bonds. The molecule has 0 spiro atoms. The number of benzene rings is 2. The van der Waals surface area contributed by atoms with Gasteiger partial charge in [0.2, 0.25) is 0 Å². The molecule has 2 aromatic rings.